The first-order valence-corrected chi connectivity index (χ1v) is 9.93. The van der Waals surface area contributed by atoms with E-state index in [-0.39, 0.29) is 16.3 Å². The van der Waals surface area contributed by atoms with Crippen molar-refractivity contribution >= 4 is 27.0 Å². The Hall–Kier alpha value is -2.72. The number of benzene rings is 1. The van der Waals surface area contributed by atoms with E-state index >= 15 is 0 Å². The molecule has 3 aromatic rings. The summed E-state index contributed by atoms with van der Waals surface area (Å²) in [7, 11) is -3.90. The van der Waals surface area contributed by atoms with Gasteiger partial charge in [0.05, 0.1) is 17.1 Å². The van der Waals surface area contributed by atoms with Crippen molar-refractivity contribution in [3.8, 4) is 0 Å². The number of imidazole rings is 1. The summed E-state index contributed by atoms with van der Waals surface area (Å²) in [5, 5.41) is 6.34. The molecule has 0 bridgehead atoms. The van der Waals surface area contributed by atoms with Crippen LogP contribution in [0.1, 0.15) is 24.2 Å². The fourth-order valence-corrected chi connectivity index (χ4v) is 4.32. The maximum atomic E-state index is 12.4. The maximum Gasteiger partial charge on any atom is 0.246 e. The van der Waals surface area contributed by atoms with Crippen LogP contribution < -0.4 is 10.0 Å². The quantitative estimate of drug-likeness (QED) is 0.555. The monoisotopic (exact) mass is 391 g/mol. The number of rotatable bonds is 7. The molecule has 0 unspecified atom stereocenters. The molecular formula is C17H21N5O4S. The zero-order valence-electron chi connectivity index (χ0n) is 15.2. The molecule has 0 aliphatic carbocycles. The Morgan fingerprint density at radius 2 is 2.04 bits per heavy atom. The number of carbonyl (C=O) groups excluding carboxylic acids is 1. The molecule has 0 aliphatic heterocycles. The van der Waals surface area contributed by atoms with E-state index in [0.717, 1.165) is 16.9 Å². The SMILES string of the molecule is Cc1noc(C)c1S(=O)(=O)N[C@H](C)C(=O)NCCc1nc2ccccc2[nH]1. The highest BCUT2D eigenvalue weighted by atomic mass is 32.2. The van der Waals surface area contributed by atoms with Crippen LogP contribution in [0.25, 0.3) is 11.0 Å². The number of para-hydroxylation sites is 2. The van der Waals surface area contributed by atoms with Crippen LogP contribution in [0, 0.1) is 13.8 Å². The van der Waals surface area contributed by atoms with Crippen molar-refractivity contribution in [2.75, 3.05) is 6.54 Å². The zero-order valence-corrected chi connectivity index (χ0v) is 16.1. The van der Waals surface area contributed by atoms with Crippen molar-refractivity contribution in [1.29, 1.82) is 0 Å². The number of carbonyl (C=O) groups is 1. The third-order valence-electron chi connectivity index (χ3n) is 4.06. The fraction of sp³-hybridized carbons (Fsp3) is 0.353. The largest absolute Gasteiger partial charge is 0.360 e. The minimum Gasteiger partial charge on any atom is -0.360 e. The van der Waals surface area contributed by atoms with Gasteiger partial charge in [0, 0.05) is 13.0 Å². The van der Waals surface area contributed by atoms with Crippen molar-refractivity contribution in [3.05, 3.63) is 41.5 Å². The second kappa shape index (κ2) is 7.49. The number of hydrogen-bond donors (Lipinski definition) is 3. The van der Waals surface area contributed by atoms with Gasteiger partial charge in [-0.25, -0.2) is 13.4 Å². The first kappa shape index (κ1) is 19.1. The van der Waals surface area contributed by atoms with E-state index in [0.29, 0.717) is 13.0 Å². The van der Waals surface area contributed by atoms with Gasteiger partial charge in [-0.2, -0.15) is 4.72 Å². The minimum atomic E-state index is -3.90. The van der Waals surface area contributed by atoms with Gasteiger partial charge < -0.3 is 14.8 Å². The number of aromatic amines is 1. The molecule has 1 amide bonds. The summed E-state index contributed by atoms with van der Waals surface area (Å²) in [6.45, 7) is 4.85. The van der Waals surface area contributed by atoms with Crippen molar-refractivity contribution in [2.24, 2.45) is 0 Å². The molecule has 0 radical (unpaired) electrons. The van der Waals surface area contributed by atoms with Crippen molar-refractivity contribution < 1.29 is 17.7 Å². The van der Waals surface area contributed by atoms with Crippen LogP contribution in [0.4, 0.5) is 0 Å². The first-order valence-electron chi connectivity index (χ1n) is 8.44. The summed E-state index contributed by atoms with van der Waals surface area (Å²) < 4.78 is 32.1. The van der Waals surface area contributed by atoms with Crippen LogP contribution >= 0.6 is 0 Å². The minimum absolute atomic E-state index is 0.0376. The summed E-state index contributed by atoms with van der Waals surface area (Å²) in [6.07, 6.45) is 0.504. The summed E-state index contributed by atoms with van der Waals surface area (Å²) in [6, 6.07) is 6.70. The number of H-pyrrole nitrogens is 1. The number of aromatic nitrogens is 3. The van der Waals surface area contributed by atoms with Gasteiger partial charge >= 0.3 is 0 Å². The summed E-state index contributed by atoms with van der Waals surface area (Å²) in [5.74, 6) is 0.499. The average Bonchev–Trinajstić information content (AvgIpc) is 3.17. The first-order chi connectivity index (χ1) is 12.8. The Balaban J connectivity index is 1.56. The Morgan fingerprint density at radius 1 is 1.30 bits per heavy atom. The molecule has 9 nitrogen and oxygen atoms in total. The van der Waals surface area contributed by atoms with Gasteiger partial charge in [0.1, 0.15) is 16.4 Å². The van der Waals surface area contributed by atoms with Gasteiger partial charge in [-0.05, 0) is 32.9 Å². The van der Waals surface area contributed by atoms with E-state index in [2.05, 4.69) is 25.2 Å². The lowest BCUT2D eigenvalue weighted by molar-refractivity contribution is -0.122. The molecule has 1 atom stereocenters. The van der Waals surface area contributed by atoms with E-state index in [1.807, 2.05) is 24.3 Å². The standard InChI is InChI=1S/C17H21N5O4S/c1-10-16(12(3)26-21-10)27(24,25)22-11(2)17(23)18-9-8-15-19-13-6-4-5-7-14(13)20-15/h4-7,11,22H,8-9H2,1-3H3,(H,18,23)(H,19,20)/t11-/m1/s1. The number of amides is 1. The summed E-state index contributed by atoms with van der Waals surface area (Å²) in [5.41, 5.74) is 2.04. The number of hydrogen-bond acceptors (Lipinski definition) is 6. The molecular weight excluding hydrogens is 370 g/mol. The Bertz CT molecular complexity index is 1020. The van der Waals surface area contributed by atoms with Gasteiger partial charge in [0.25, 0.3) is 0 Å². The molecule has 2 heterocycles. The smallest absolute Gasteiger partial charge is 0.246 e. The Morgan fingerprint density at radius 3 is 2.70 bits per heavy atom. The highest BCUT2D eigenvalue weighted by molar-refractivity contribution is 7.89. The lowest BCUT2D eigenvalue weighted by atomic mass is 10.3. The maximum absolute atomic E-state index is 12.4. The molecule has 144 valence electrons. The third kappa shape index (κ3) is 4.17. The van der Waals surface area contributed by atoms with Crippen LogP contribution in [0.15, 0.2) is 33.7 Å². The van der Waals surface area contributed by atoms with Crippen LogP contribution in [0.2, 0.25) is 0 Å². The number of aryl methyl sites for hydroxylation is 2. The predicted octanol–water partition coefficient (Wildman–Crippen LogP) is 1.19. The topological polar surface area (TPSA) is 130 Å². The van der Waals surface area contributed by atoms with E-state index < -0.39 is 22.0 Å². The van der Waals surface area contributed by atoms with Crippen molar-refractivity contribution in [1.82, 2.24) is 25.2 Å². The molecule has 0 saturated heterocycles. The molecule has 3 rings (SSSR count). The van der Waals surface area contributed by atoms with Gasteiger partial charge in [-0.3, -0.25) is 4.79 Å². The summed E-state index contributed by atoms with van der Waals surface area (Å²) >= 11 is 0. The van der Waals surface area contributed by atoms with Gasteiger partial charge in [0.15, 0.2) is 5.76 Å². The zero-order chi connectivity index (χ0) is 19.6. The second-order valence-electron chi connectivity index (χ2n) is 6.24. The van der Waals surface area contributed by atoms with E-state index in [4.69, 9.17) is 4.52 Å². The van der Waals surface area contributed by atoms with E-state index in [9.17, 15) is 13.2 Å². The molecule has 0 spiro atoms. The molecule has 3 N–H and O–H groups in total. The van der Waals surface area contributed by atoms with Crippen molar-refractivity contribution in [3.63, 3.8) is 0 Å². The van der Waals surface area contributed by atoms with Gasteiger partial charge in [-0.1, -0.05) is 17.3 Å². The van der Waals surface area contributed by atoms with Crippen LogP contribution in [0.3, 0.4) is 0 Å². The molecule has 1 aromatic carbocycles. The molecule has 10 heteroatoms. The molecule has 27 heavy (non-hydrogen) atoms. The number of sulfonamides is 1. The van der Waals surface area contributed by atoms with Gasteiger partial charge in [-0.15, -0.1) is 0 Å². The average molecular weight is 391 g/mol. The van der Waals surface area contributed by atoms with Crippen LogP contribution in [-0.4, -0.2) is 42.0 Å². The van der Waals surface area contributed by atoms with Gasteiger partial charge in [0.2, 0.25) is 15.9 Å². The highest BCUT2D eigenvalue weighted by Crippen LogP contribution is 2.18. The lowest BCUT2D eigenvalue weighted by Crippen LogP contribution is -2.45. The Labute approximate surface area is 156 Å². The number of nitrogens with zero attached hydrogens (tertiary/aromatic N) is 2. The molecule has 0 saturated carbocycles. The molecule has 2 aromatic heterocycles. The Kier molecular flexibility index (Phi) is 5.29. The van der Waals surface area contributed by atoms with Crippen LogP contribution in [-0.2, 0) is 21.2 Å². The van der Waals surface area contributed by atoms with E-state index in [1.165, 1.54) is 20.8 Å². The summed E-state index contributed by atoms with van der Waals surface area (Å²) in [4.78, 5) is 19.8. The predicted molar refractivity (Wildman–Crippen MR) is 98.6 cm³/mol. The third-order valence-corrected chi connectivity index (χ3v) is 5.85. The highest BCUT2D eigenvalue weighted by Gasteiger charge is 2.27. The van der Waals surface area contributed by atoms with Crippen LogP contribution in [0.5, 0.6) is 0 Å². The second-order valence-corrected chi connectivity index (χ2v) is 7.89. The normalized spacial score (nSPS) is 13.0. The lowest BCUT2D eigenvalue weighted by Gasteiger charge is -2.14. The van der Waals surface area contributed by atoms with Crippen molar-refractivity contribution in [2.45, 2.75) is 38.1 Å². The molecule has 0 aliphatic rings. The van der Waals surface area contributed by atoms with E-state index in [1.54, 1.807) is 0 Å². The number of nitrogens with one attached hydrogen (secondary N) is 3. The molecule has 0 fully saturated rings. The fourth-order valence-electron chi connectivity index (χ4n) is 2.78. The number of fused-ring (bicyclic) bond motifs is 1.